The summed E-state index contributed by atoms with van der Waals surface area (Å²) in [6, 6.07) is 10.6. The monoisotopic (exact) mass is 519 g/mol. The van der Waals surface area contributed by atoms with E-state index in [1.165, 1.54) is 5.56 Å². The Kier molecular flexibility index (Phi) is 12.2. The number of halogens is 1. The molecular formula is C21H38IN5O2. The maximum atomic E-state index is 11.6. The highest BCUT2D eigenvalue weighted by atomic mass is 127. The van der Waals surface area contributed by atoms with Crippen LogP contribution in [0, 0.1) is 0 Å². The number of amides is 1. The zero-order valence-electron chi connectivity index (χ0n) is 18.8. The van der Waals surface area contributed by atoms with Crippen molar-refractivity contribution in [1.29, 1.82) is 0 Å². The van der Waals surface area contributed by atoms with Gasteiger partial charge in [-0.2, -0.15) is 0 Å². The number of ether oxygens (including phenoxy) is 1. The average Bonchev–Trinajstić information content (AvgIpc) is 2.60. The van der Waals surface area contributed by atoms with E-state index in [2.05, 4.69) is 71.3 Å². The molecule has 1 atom stereocenters. The number of guanidine groups is 1. The van der Waals surface area contributed by atoms with Crippen molar-refractivity contribution in [3.8, 4) is 0 Å². The van der Waals surface area contributed by atoms with Crippen LogP contribution in [-0.4, -0.2) is 49.9 Å². The lowest BCUT2D eigenvalue weighted by Gasteiger charge is -2.31. The van der Waals surface area contributed by atoms with Crippen LogP contribution in [0.2, 0.25) is 0 Å². The first-order valence-corrected chi connectivity index (χ1v) is 9.76. The molecule has 1 unspecified atom stereocenters. The number of rotatable bonds is 8. The molecule has 1 rings (SSSR count). The van der Waals surface area contributed by atoms with Crippen LogP contribution in [0.3, 0.4) is 0 Å². The molecule has 0 fully saturated rings. The molecule has 0 saturated heterocycles. The van der Waals surface area contributed by atoms with Gasteiger partial charge in [-0.05, 0) is 47.1 Å². The van der Waals surface area contributed by atoms with Crippen molar-refractivity contribution >= 4 is 36.0 Å². The van der Waals surface area contributed by atoms with Gasteiger partial charge in [0.1, 0.15) is 5.60 Å². The first-order valence-electron chi connectivity index (χ1n) is 9.76. The van der Waals surface area contributed by atoms with Crippen LogP contribution in [-0.2, 0) is 4.74 Å². The lowest BCUT2D eigenvalue weighted by atomic mass is 10.0. The summed E-state index contributed by atoms with van der Waals surface area (Å²) in [5, 5.41) is 12.9. The second-order valence-electron chi connectivity index (χ2n) is 8.44. The molecule has 0 aliphatic carbocycles. The molecule has 0 aliphatic heterocycles. The SMILES string of the molecule is CN=C(NCCNC(=O)OC(C)(C)C)NCC(C)(C)NC(C)c1ccccc1.I. The Bertz CT molecular complexity index is 630. The topological polar surface area (TPSA) is 86.8 Å². The number of aliphatic imine (C=N–C) groups is 1. The Morgan fingerprint density at radius 1 is 1.03 bits per heavy atom. The molecule has 29 heavy (non-hydrogen) atoms. The normalized spacial score (nSPS) is 13.1. The summed E-state index contributed by atoms with van der Waals surface area (Å²) in [6.45, 7) is 13.7. The first kappa shape index (κ1) is 27.5. The van der Waals surface area contributed by atoms with E-state index >= 15 is 0 Å². The van der Waals surface area contributed by atoms with Gasteiger partial charge in [-0.15, -0.1) is 24.0 Å². The maximum absolute atomic E-state index is 11.6. The van der Waals surface area contributed by atoms with Crippen molar-refractivity contribution in [2.24, 2.45) is 4.99 Å². The number of alkyl carbamates (subject to hydrolysis) is 1. The van der Waals surface area contributed by atoms with Gasteiger partial charge in [0.05, 0.1) is 0 Å². The van der Waals surface area contributed by atoms with Gasteiger partial charge in [0.15, 0.2) is 5.96 Å². The number of hydrogen-bond donors (Lipinski definition) is 4. The van der Waals surface area contributed by atoms with Crippen LogP contribution in [0.1, 0.15) is 53.1 Å². The van der Waals surface area contributed by atoms with Gasteiger partial charge in [0.2, 0.25) is 0 Å². The lowest BCUT2D eigenvalue weighted by Crippen LogP contribution is -2.52. The largest absolute Gasteiger partial charge is 0.444 e. The third-order valence-corrected chi connectivity index (χ3v) is 3.91. The second kappa shape index (κ2) is 12.9. The molecule has 7 nitrogen and oxygen atoms in total. The zero-order valence-corrected chi connectivity index (χ0v) is 21.1. The van der Waals surface area contributed by atoms with E-state index in [1.807, 2.05) is 26.8 Å². The molecular weight excluding hydrogens is 481 g/mol. The van der Waals surface area contributed by atoms with Crippen molar-refractivity contribution in [2.75, 3.05) is 26.7 Å². The number of nitrogens with one attached hydrogen (secondary N) is 4. The molecule has 0 aromatic heterocycles. The highest BCUT2D eigenvalue weighted by molar-refractivity contribution is 14.0. The number of hydrogen-bond acceptors (Lipinski definition) is 4. The van der Waals surface area contributed by atoms with E-state index in [1.54, 1.807) is 7.05 Å². The fourth-order valence-corrected chi connectivity index (χ4v) is 2.65. The summed E-state index contributed by atoms with van der Waals surface area (Å²) < 4.78 is 5.20. The summed E-state index contributed by atoms with van der Waals surface area (Å²) in [5.41, 5.74) is 0.623. The quantitative estimate of drug-likeness (QED) is 0.183. The Morgan fingerprint density at radius 3 is 2.17 bits per heavy atom. The van der Waals surface area contributed by atoms with Crippen LogP contribution in [0.4, 0.5) is 4.79 Å². The summed E-state index contributed by atoms with van der Waals surface area (Å²) in [4.78, 5) is 15.9. The predicted octanol–water partition coefficient (Wildman–Crippen LogP) is 3.42. The minimum absolute atomic E-state index is 0. The van der Waals surface area contributed by atoms with Crippen molar-refractivity contribution < 1.29 is 9.53 Å². The number of carbonyl (C=O) groups excluding carboxylic acids is 1. The van der Waals surface area contributed by atoms with Crippen molar-refractivity contribution in [3.63, 3.8) is 0 Å². The average molecular weight is 519 g/mol. The van der Waals surface area contributed by atoms with Crippen LogP contribution in [0.15, 0.2) is 35.3 Å². The Morgan fingerprint density at radius 2 is 1.62 bits per heavy atom. The van der Waals surface area contributed by atoms with Crippen LogP contribution >= 0.6 is 24.0 Å². The van der Waals surface area contributed by atoms with Gasteiger partial charge in [-0.1, -0.05) is 30.3 Å². The number of nitrogens with zero attached hydrogens (tertiary/aromatic N) is 1. The van der Waals surface area contributed by atoms with Gasteiger partial charge in [-0.25, -0.2) is 4.79 Å². The van der Waals surface area contributed by atoms with E-state index in [-0.39, 0.29) is 35.6 Å². The maximum Gasteiger partial charge on any atom is 0.407 e. The van der Waals surface area contributed by atoms with E-state index in [0.717, 1.165) is 0 Å². The Hall–Kier alpha value is -1.55. The lowest BCUT2D eigenvalue weighted by molar-refractivity contribution is 0.0529. The minimum atomic E-state index is -0.495. The molecule has 0 aliphatic rings. The standard InChI is InChI=1S/C21H37N5O2.HI/c1-16(17-11-9-8-10-12-17)26-21(5,6)15-25-18(22-7)23-13-14-24-19(27)28-20(2,3)4;/h8-12,16,26H,13-15H2,1-7H3,(H,24,27)(H2,22,23,25);1H. The highest BCUT2D eigenvalue weighted by Gasteiger charge is 2.21. The smallest absolute Gasteiger partial charge is 0.407 e. The van der Waals surface area contributed by atoms with E-state index in [4.69, 9.17) is 4.74 Å². The van der Waals surface area contributed by atoms with Crippen molar-refractivity contribution in [3.05, 3.63) is 35.9 Å². The van der Waals surface area contributed by atoms with Crippen LogP contribution in [0.25, 0.3) is 0 Å². The van der Waals surface area contributed by atoms with Gasteiger partial charge < -0.3 is 26.0 Å². The molecule has 1 aromatic carbocycles. The Balaban J connectivity index is 0.00000784. The van der Waals surface area contributed by atoms with Crippen molar-refractivity contribution in [2.45, 2.75) is 58.7 Å². The highest BCUT2D eigenvalue weighted by Crippen LogP contribution is 2.15. The van der Waals surface area contributed by atoms with Crippen LogP contribution in [0.5, 0.6) is 0 Å². The van der Waals surface area contributed by atoms with E-state index in [0.29, 0.717) is 25.6 Å². The molecule has 0 heterocycles. The predicted molar refractivity (Wildman–Crippen MR) is 131 cm³/mol. The summed E-state index contributed by atoms with van der Waals surface area (Å²) in [7, 11) is 1.73. The molecule has 8 heteroatoms. The van der Waals surface area contributed by atoms with Gasteiger partial charge in [0.25, 0.3) is 0 Å². The molecule has 0 spiro atoms. The molecule has 0 saturated carbocycles. The molecule has 1 amide bonds. The van der Waals surface area contributed by atoms with Gasteiger partial charge in [-0.3, -0.25) is 4.99 Å². The molecule has 1 aromatic rings. The number of benzene rings is 1. The number of carbonyl (C=O) groups is 1. The van der Waals surface area contributed by atoms with E-state index < -0.39 is 11.7 Å². The van der Waals surface area contributed by atoms with Crippen molar-refractivity contribution in [1.82, 2.24) is 21.3 Å². The third-order valence-electron chi connectivity index (χ3n) is 3.91. The van der Waals surface area contributed by atoms with Crippen LogP contribution < -0.4 is 21.3 Å². The summed E-state index contributed by atoms with van der Waals surface area (Å²) in [5.74, 6) is 0.688. The van der Waals surface area contributed by atoms with Gasteiger partial charge >= 0.3 is 6.09 Å². The fourth-order valence-electron chi connectivity index (χ4n) is 2.65. The molecule has 4 N–H and O–H groups in total. The molecule has 0 radical (unpaired) electrons. The molecule has 0 bridgehead atoms. The summed E-state index contributed by atoms with van der Waals surface area (Å²) >= 11 is 0. The minimum Gasteiger partial charge on any atom is -0.444 e. The third kappa shape index (κ3) is 12.6. The Labute approximate surface area is 192 Å². The fraction of sp³-hybridized carbons (Fsp3) is 0.619. The van der Waals surface area contributed by atoms with E-state index in [9.17, 15) is 4.79 Å². The first-order chi connectivity index (χ1) is 13.0. The molecule has 166 valence electrons. The summed E-state index contributed by atoms with van der Waals surface area (Å²) in [6.07, 6.45) is -0.419. The second-order valence-corrected chi connectivity index (χ2v) is 8.44. The zero-order chi connectivity index (χ0) is 21.2. The van der Waals surface area contributed by atoms with Gasteiger partial charge in [0, 0.05) is 38.3 Å².